The van der Waals surface area contributed by atoms with Gasteiger partial charge < -0.3 is 5.73 Å². The Kier molecular flexibility index (Phi) is 27.0. The molecule has 0 aromatic rings. The van der Waals surface area contributed by atoms with Crippen LogP contribution in [0.4, 0.5) is 0 Å². The molecule has 232 valence electrons. The number of nitrogens with two attached hydrogens (primary N) is 1. The van der Waals surface area contributed by atoms with E-state index in [1.807, 2.05) is 13.8 Å². The maximum atomic E-state index is 13.1. The van der Waals surface area contributed by atoms with Gasteiger partial charge in [0, 0.05) is 18.9 Å². The quantitative estimate of drug-likeness (QED) is 0.0691. The van der Waals surface area contributed by atoms with Crippen LogP contribution in [0.2, 0.25) is 0 Å². The van der Waals surface area contributed by atoms with Crippen LogP contribution in [0.1, 0.15) is 207 Å². The lowest BCUT2D eigenvalue weighted by molar-refractivity contribution is -0.141. The van der Waals surface area contributed by atoms with E-state index in [4.69, 9.17) is 5.73 Å². The standard InChI is InChI=1S/C36H71NO2/c1-5-7-9-11-13-15-17-19-21-23-25-27-29-31-34(38)36(4,33(3)37)35(39)32-30-28-26-24-22-20-18-16-14-12-10-8-6-2/h33H,5-32,37H2,1-4H3. The third-order valence-electron chi connectivity index (χ3n) is 9.08. The van der Waals surface area contributed by atoms with E-state index >= 15 is 0 Å². The van der Waals surface area contributed by atoms with Crippen LogP contribution >= 0.6 is 0 Å². The van der Waals surface area contributed by atoms with E-state index in [-0.39, 0.29) is 11.6 Å². The fourth-order valence-corrected chi connectivity index (χ4v) is 5.79. The van der Waals surface area contributed by atoms with Crippen LogP contribution < -0.4 is 5.73 Å². The monoisotopic (exact) mass is 550 g/mol. The molecule has 1 atom stereocenters. The summed E-state index contributed by atoms with van der Waals surface area (Å²) >= 11 is 0. The molecule has 0 rings (SSSR count). The second kappa shape index (κ2) is 27.5. The Balaban J connectivity index is 3.87. The summed E-state index contributed by atoms with van der Waals surface area (Å²) in [4.78, 5) is 26.2. The van der Waals surface area contributed by atoms with Crippen molar-refractivity contribution in [2.75, 3.05) is 0 Å². The maximum absolute atomic E-state index is 13.1. The number of hydrogen-bond donors (Lipinski definition) is 1. The molecule has 0 spiro atoms. The van der Waals surface area contributed by atoms with Gasteiger partial charge in [-0.1, -0.05) is 168 Å². The average Bonchev–Trinajstić information content (AvgIpc) is 2.92. The average molecular weight is 550 g/mol. The SMILES string of the molecule is CCCCCCCCCCCCCCCC(=O)C(C)(C(=O)CCCCCCCCCCCCCCC)C(C)N. The summed E-state index contributed by atoms with van der Waals surface area (Å²) in [5, 5.41) is 0. The van der Waals surface area contributed by atoms with Gasteiger partial charge in [-0.3, -0.25) is 9.59 Å². The van der Waals surface area contributed by atoms with Crippen molar-refractivity contribution in [3.63, 3.8) is 0 Å². The molecule has 3 nitrogen and oxygen atoms in total. The van der Waals surface area contributed by atoms with Gasteiger partial charge in [-0.05, 0) is 26.7 Å². The summed E-state index contributed by atoms with van der Waals surface area (Å²) < 4.78 is 0. The zero-order valence-corrected chi connectivity index (χ0v) is 27.3. The molecule has 0 radical (unpaired) electrons. The molecule has 1 unspecified atom stereocenters. The predicted molar refractivity (Wildman–Crippen MR) is 172 cm³/mol. The van der Waals surface area contributed by atoms with Crippen LogP contribution in [0.25, 0.3) is 0 Å². The van der Waals surface area contributed by atoms with Crippen molar-refractivity contribution in [1.82, 2.24) is 0 Å². The lowest BCUT2D eigenvalue weighted by Crippen LogP contribution is -2.49. The van der Waals surface area contributed by atoms with Gasteiger partial charge in [0.25, 0.3) is 0 Å². The van der Waals surface area contributed by atoms with E-state index in [1.54, 1.807) is 0 Å². The molecule has 0 aromatic heterocycles. The van der Waals surface area contributed by atoms with E-state index in [0.29, 0.717) is 12.8 Å². The van der Waals surface area contributed by atoms with Gasteiger partial charge in [0.05, 0.1) is 5.41 Å². The first-order valence-electron chi connectivity index (χ1n) is 17.7. The first kappa shape index (κ1) is 38.3. The smallest absolute Gasteiger partial charge is 0.147 e. The molecule has 0 aliphatic carbocycles. The Morgan fingerprint density at radius 2 is 0.667 bits per heavy atom. The van der Waals surface area contributed by atoms with Crippen molar-refractivity contribution in [1.29, 1.82) is 0 Å². The van der Waals surface area contributed by atoms with Gasteiger partial charge in [-0.15, -0.1) is 0 Å². The fraction of sp³-hybridized carbons (Fsp3) is 0.944. The maximum Gasteiger partial charge on any atom is 0.147 e. The van der Waals surface area contributed by atoms with Crippen LogP contribution in [0.5, 0.6) is 0 Å². The fourth-order valence-electron chi connectivity index (χ4n) is 5.79. The van der Waals surface area contributed by atoms with E-state index in [0.717, 1.165) is 25.7 Å². The van der Waals surface area contributed by atoms with Crippen LogP contribution in [-0.4, -0.2) is 17.6 Å². The lowest BCUT2D eigenvalue weighted by atomic mass is 9.72. The summed E-state index contributed by atoms with van der Waals surface area (Å²) in [6.07, 6.45) is 34.6. The molecule has 0 fully saturated rings. The number of unbranched alkanes of at least 4 members (excludes halogenated alkanes) is 24. The Bertz CT molecular complexity index is 514. The van der Waals surface area contributed by atoms with Gasteiger partial charge in [0.1, 0.15) is 11.6 Å². The molecule has 0 aliphatic heterocycles. The summed E-state index contributed by atoms with van der Waals surface area (Å²) in [6.45, 7) is 8.19. The van der Waals surface area contributed by atoms with Gasteiger partial charge >= 0.3 is 0 Å². The Morgan fingerprint density at radius 1 is 0.462 bits per heavy atom. The van der Waals surface area contributed by atoms with Crippen LogP contribution in [-0.2, 0) is 9.59 Å². The lowest BCUT2D eigenvalue weighted by Gasteiger charge is -2.30. The Hall–Kier alpha value is -0.700. The highest BCUT2D eigenvalue weighted by molar-refractivity contribution is 6.07. The number of rotatable bonds is 31. The molecule has 0 aromatic carbocycles. The number of hydrogen-bond acceptors (Lipinski definition) is 3. The van der Waals surface area contributed by atoms with Gasteiger partial charge in [0.2, 0.25) is 0 Å². The molecular weight excluding hydrogens is 478 g/mol. The normalized spacial score (nSPS) is 12.6. The number of ketones is 2. The molecule has 3 heteroatoms. The molecule has 2 N–H and O–H groups in total. The highest BCUT2D eigenvalue weighted by Gasteiger charge is 2.42. The third kappa shape index (κ3) is 20.8. The molecule has 0 heterocycles. The second-order valence-corrected chi connectivity index (χ2v) is 12.8. The highest BCUT2D eigenvalue weighted by atomic mass is 16.2. The Labute approximate surface area is 245 Å². The van der Waals surface area contributed by atoms with E-state index < -0.39 is 11.5 Å². The summed E-state index contributed by atoms with van der Waals surface area (Å²) in [6, 6.07) is -0.415. The second-order valence-electron chi connectivity index (χ2n) is 12.8. The van der Waals surface area contributed by atoms with Crippen LogP contribution in [0.15, 0.2) is 0 Å². The minimum Gasteiger partial charge on any atom is -0.327 e. The summed E-state index contributed by atoms with van der Waals surface area (Å²) in [7, 11) is 0. The minimum absolute atomic E-state index is 0.0697. The van der Waals surface area contributed by atoms with Gasteiger partial charge in [-0.2, -0.15) is 0 Å². The van der Waals surface area contributed by atoms with Crippen molar-refractivity contribution in [3.05, 3.63) is 0 Å². The highest BCUT2D eigenvalue weighted by Crippen LogP contribution is 2.29. The number of carbonyl (C=O) groups is 2. The molecule has 0 amide bonds. The van der Waals surface area contributed by atoms with E-state index in [9.17, 15) is 9.59 Å². The Morgan fingerprint density at radius 3 is 0.872 bits per heavy atom. The number of Topliss-reactive ketones (excluding diaryl/α,β-unsaturated/α-hetero) is 2. The van der Waals surface area contributed by atoms with Crippen molar-refractivity contribution >= 4 is 11.6 Å². The predicted octanol–water partition coefficient (Wildman–Crippen LogP) is 11.4. The van der Waals surface area contributed by atoms with Crippen molar-refractivity contribution in [2.45, 2.75) is 214 Å². The van der Waals surface area contributed by atoms with Gasteiger partial charge in [0.15, 0.2) is 0 Å². The van der Waals surface area contributed by atoms with Crippen molar-refractivity contribution in [3.8, 4) is 0 Å². The zero-order chi connectivity index (χ0) is 29.0. The first-order valence-corrected chi connectivity index (χ1v) is 17.7. The first-order chi connectivity index (χ1) is 18.9. The van der Waals surface area contributed by atoms with Crippen LogP contribution in [0.3, 0.4) is 0 Å². The topological polar surface area (TPSA) is 60.2 Å². The molecule has 0 saturated carbocycles. The van der Waals surface area contributed by atoms with E-state index in [2.05, 4.69) is 13.8 Å². The largest absolute Gasteiger partial charge is 0.327 e. The zero-order valence-electron chi connectivity index (χ0n) is 27.3. The van der Waals surface area contributed by atoms with Gasteiger partial charge in [-0.25, -0.2) is 0 Å². The van der Waals surface area contributed by atoms with E-state index in [1.165, 1.54) is 141 Å². The third-order valence-corrected chi connectivity index (χ3v) is 9.08. The molecule has 39 heavy (non-hydrogen) atoms. The molecule has 0 aliphatic rings. The van der Waals surface area contributed by atoms with Crippen molar-refractivity contribution < 1.29 is 9.59 Å². The summed E-state index contributed by atoms with van der Waals surface area (Å²) in [5.41, 5.74) is 5.21. The van der Waals surface area contributed by atoms with Crippen molar-refractivity contribution in [2.24, 2.45) is 11.1 Å². The molecular formula is C36H71NO2. The van der Waals surface area contributed by atoms with Crippen LogP contribution in [0, 0.1) is 5.41 Å². The summed E-state index contributed by atoms with van der Waals surface area (Å²) in [5.74, 6) is 0.139. The number of carbonyl (C=O) groups excluding carboxylic acids is 2. The molecule has 0 bridgehead atoms. The molecule has 0 saturated heterocycles. The minimum atomic E-state index is -1.01.